The molecule has 0 saturated heterocycles. The van der Waals surface area contributed by atoms with E-state index in [0.717, 1.165) is 0 Å². The third kappa shape index (κ3) is 38.0. The van der Waals surface area contributed by atoms with Crippen LogP contribution in [0.25, 0.3) is 0 Å². The highest BCUT2D eigenvalue weighted by molar-refractivity contribution is 5.65. The smallest absolute Gasteiger partial charge is 0.126 e. The van der Waals surface area contributed by atoms with Gasteiger partial charge < -0.3 is 73.9 Å². The number of hydrogen-bond donors (Lipinski definition) is 5. The number of nitrogens with one attached hydrogen (secondary N) is 1. The number of aliphatic hydroxyl groups is 3. The maximum atomic E-state index is 10.4. The van der Waals surface area contributed by atoms with Crippen molar-refractivity contribution in [1.82, 2.24) is 0 Å². The standard InChI is InChI=1S/C10H21NO4.C9H19NO4.C8H17NO4/c1-8(2)15-7-9(12)5-11(3,4)6-10(13)14;1-7(2)14-6-8(11)4-10(3)5-9(12)13;1-6(2)13-5-7(10)3-9-4-8(11)12/h8-9,12H,5-7H2,1-4H3;7-8,11H,4-6H2,1-3H3,(H,12,13);6-7,9-10H,3-5H2,1-2H3,(H,11,12). The molecule has 0 bridgehead atoms. The van der Waals surface area contributed by atoms with Gasteiger partial charge >= 0.3 is 0 Å². The molecule has 4 atom stereocenters. The fourth-order valence-corrected chi connectivity index (χ4v) is 3.19. The molecular weight excluding hydrogens is 558 g/mol. The van der Waals surface area contributed by atoms with E-state index in [-0.39, 0.29) is 62.2 Å². The van der Waals surface area contributed by atoms with Crippen molar-refractivity contribution in [3.05, 3.63) is 0 Å². The first-order chi connectivity index (χ1) is 19.2. The van der Waals surface area contributed by atoms with E-state index in [4.69, 9.17) is 14.2 Å². The molecule has 15 nitrogen and oxygen atoms in total. The molecule has 0 aromatic heterocycles. The van der Waals surface area contributed by atoms with Crippen molar-refractivity contribution < 1.29 is 73.9 Å². The van der Waals surface area contributed by atoms with Crippen molar-refractivity contribution in [3.8, 4) is 0 Å². The zero-order chi connectivity index (χ0) is 33.5. The quantitative estimate of drug-likeness (QED) is 0.0759. The van der Waals surface area contributed by atoms with Gasteiger partial charge in [-0.1, -0.05) is 0 Å². The van der Waals surface area contributed by atoms with Crippen molar-refractivity contribution in [1.29, 1.82) is 0 Å². The van der Waals surface area contributed by atoms with E-state index in [1.807, 2.05) is 41.5 Å². The summed E-state index contributed by atoms with van der Waals surface area (Å²) in [6, 6.07) is 0. The maximum Gasteiger partial charge on any atom is 0.126 e. The highest BCUT2D eigenvalue weighted by atomic mass is 16.5. The van der Waals surface area contributed by atoms with Gasteiger partial charge in [0, 0.05) is 0 Å². The third-order valence-corrected chi connectivity index (χ3v) is 4.91. The van der Waals surface area contributed by atoms with E-state index >= 15 is 0 Å². The topological polar surface area (TPSA) is 230 Å². The number of nitrogens with zero attached hydrogens (tertiary/aromatic N) is 1. The third-order valence-electron chi connectivity index (χ3n) is 4.91. The van der Waals surface area contributed by atoms with Crippen molar-refractivity contribution in [2.45, 2.75) is 78.2 Å². The van der Waals surface area contributed by atoms with Crippen molar-refractivity contribution >= 4 is 17.9 Å². The highest BCUT2D eigenvalue weighted by Gasteiger charge is 2.21. The number of hydrogen-bond acceptors (Lipinski definition) is 12. The molecule has 0 aromatic rings. The summed E-state index contributed by atoms with van der Waals surface area (Å²) in [5.41, 5.74) is 0. The van der Waals surface area contributed by atoms with Gasteiger partial charge in [-0.05, 0) is 41.5 Å². The number of carboxylic acid groups (broad SMARTS) is 3. The van der Waals surface area contributed by atoms with Gasteiger partial charge in [-0.15, -0.1) is 0 Å². The van der Waals surface area contributed by atoms with Gasteiger partial charge in [0.2, 0.25) is 0 Å². The number of carbonyl (C=O) groups excluding carboxylic acids is 3. The molecule has 0 aromatic carbocycles. The number of likely N-dealkylation sites (N-methyl/N-ethyl adjacent to an activating group) is 2. The van der Waals surface area contributed by atoms with Crippen LogP contribution < -0.4 is 25.5 Å². The molecular formula is C27H57N3O12. The highest BCUT2D eigenvalue weighted by Crippen LogP contribution is 2.01. The predicted molar refractivity (Wildman–Crippen MR) is 146 cm³/mol. The minimum atomic E-state index is -1.13. The Morgan fingerprint density at radius 3 is 1.55 bits per heavy atom. The van der Waals surface area contributed by atoms with Crippen molar-refractivity contribution in [3.63, 3.8) is 0 Å². The molecule has 0 saturated carbocycles. The molecule has 0 amide bonds. The molecule has 42 heavy (non-hydrogen) atoms. The number of aliphatic hydroxyl groups excluding tert-OH is 3. The fourth-order valence-electron chi connectivity index (χ4n) is 3.19. The average molecular weight is 616 g/mol. The zero-order valence-electron chi connectivity index (χ0n) is 26.9. The summed E-state index contributed by atoms with van der Waals surface area (Å²) in [5, 5.41) is 60.4. The average Bonchev–Trinajstić information content (AvgIpc) is 2.79. The van der Waals surface area contributed by atoms with Crippen LogP contribution in [0.4, 0.5) is 0 Å². The lowest BCUT2D eigenvalue weighted by Crippen LogP contribution is -3.11. The van der Waals surface area contributed by atoms with Gasteiger partial charge in [-0.3, -0.25) is 0 Å². The van der Waals surface area contributed by atoms with Crippen LogP contribution in [-0.2, 0) is 28.6 Å². The second-order valence-electron chi connectivity index (χ2n) is 11.6. The van der Waals surface area contributed by atoms with E-state index in [2.05, 4.69) is 0 Å². The number of rotatable bonds is 21. The second-order valence-corrected chi connectivity index (χ2v) is 11.6. The summed E-state index contributed by atoms with van der Waals surface area (Å²) in [5.74, 6) is -3.35. The van der Waals surface area contributed by atoms with Crippen LogP contribution in [0.5, 0.6) is 0 Å². The summed E-state index contributed by atoms with van der Waals surface area (Å²) in [7, 11) is 5.15. The second kappa shape index (κ2) is 25.5. The Morgan fingerprint density at radius 1 is 0.738 bits per heavy atom. The van der Waals surface area contributed by atoms with E-state index in [1.54, 1.807) is 21.1 Å². The Kier molecular flexibility index (Phi) is 27.1. The molecule has 252 valence electrons. The van der Waals surface area contributed by atoms with Crippen LogP contribution in [0.3, 0.4) is 0 Å². The van der Waals surface area contributed by atoms with Crippen LogP contribution in [0.1, 0.15) is 41.5 Å². The van der Waals surface area contributed by atoms with Crippen molar-refractivity contribution in [2.24, 2.45) is 0 Å². The molecule has 0 aliphatic carbocycles. The Bertz CT molecular complexity index is 708. The van der Waals surface area contributed by atoms with E-state index < -0.39 is 36.2 Å². The number of carboxylic acids is 3. The van der Waals surface area contributed by atoms with Crippen LogP contribution in [0.15, 0.2) is 0 Å². The number of quaternary nitrogens is 3. The number of aliphatic carboxylic acids is 3. The van der Waals surface area contributed by atoms with Gasteiger partial charge in [-0.25, -0.2) is 0 Å². The van der Waals surface area contributed by atoms with Crippen molar-refractivity contribution in [2.75, 3.05) is 80.2 Å². The van der Waals surface area contributed by atoms with Gasteiger partial charge in [0.15, 0.2) is 0 Å². The number of ether oxygens (including phenoxy) is 3. The van der Waals surface area contributed by atoms with E-state index in [9.17, 15) is 45.0 Å². The first-order valence-electron chi connectivity index (χ1n) is 14.1. The fraction of sp³-hybridized carbons (Fsp3) is 0.889. The summed E-state index contributed by atoms with van der Waals surface area (Å²) in [6.07, 6.45) is -1.68. The molecule has 4 unspecified atom stereocenters. The van der Waals surface area contributed by atoms with Gasteiger partial charge in [0.1, 0.15) is 57.6 Å². The first-order valence-corrected chi connectivity index (χ1v) is 14.1. The molecule has 0 rings (SSSR count). The minimum Gasteiger partial charge on any atom is -0.544 e. The Hall–Kier alpha value is -1.95. The van der Waals surface area contributed by atoms with E-state index in [1.165, 1.54) is 5.32 Å². The monoisotopic (exact) mass is 615 g/mol. The summed E-state index contributed by atoms with van der Waals surface area (Å²) in [6.45, 7) is 12.6. The van der Waals surface area contributed by atoms with Gasteiger partial charge in [0.25, 0.3) is 0 Å². The molecule has 0 aliphatic heterocycles. The van der Waals surface area contributed by atoms with Crippen LogP contribution >= 0.6 is 0 Å². The summed E-state index contributed by atoms with van der Waals surface area (Å²) >= 11 is 0. The van der Waals surface area contributed by atoms with Gasteiger partial charge in [-0.2, -0.15) is 0 Å². The Balaban J connectivity index is -0.000000545. The number of carbonyl (C=O) groups is 3. The zero-order valence-corrected chi connectivity index (χ0v) is 26.9. The molecule has 6 N–H and O–H groups in total. The Morgan fingerprint density at radius 2 is 1.17 bits per heavy atom. The first kappa shape index (κ1) is 44.5. The molecule has 15 heteroatoms. The summed E-state index contributed by atoms with van der Waals surface area (Å²) < 4.78 is 15.7. The number of nitrogens with two attached hydrogens (primary N) is 1. The maximum absolute atomic E-state index is 10.4. The molecule has 0 radical (unpaired) electrons. The molecule has 0 fully saturated rings. The van der Waals surface area contributed by atoms with Crippen LogP contribution in [0, 0.1) is 0 Å². The molecule has 0 spiro atoms. The lowest BCUT2D eigenvalue weighted by Gasteiger charge is -2.32. The summed E-state index contributed by atoms with van der Waals surface area (Å²) in [4.78, 5) is 31.3. The normalized spacial score (nSPS) is 14.4. The van der Waals surface area contributed by atoms with E-state index in [0.29, 0.717) is 24.5 Å². The van der Waals surface area contributed by atoms with Gasteiger partial charge in [0.05, 0.1) is 77.2 Å². The van der Waals surface area contributed by atoms with Crippen LogP contribution in [-0.4, -0.2) is 155 Å². The molecule has 0 heterocycles. The van der Waals surface area contributed by atoms with Crippen LogP contribution in [0.2, 0.25) is 0 Å². The molecule has 0 aliphatic rings. The lowest BCUT2D eigenvalue weighted by atomic mass is 10.3. The predicted octanol–water partition coefficient (Wildman–Crippen LogP) is -7.28. The Labute approximate surface area is 250 Å². The minimum absolute atomic E-state index is 0.0661. The largest absolute Gasteiger partial charge is 0.544 e. The SMILES string of the molecule is CC(C)OCC(O)C[N+](C)(C)CC(=O)[O-].CC(C)OCC(O)C[NH+](C)CC(=O)[O-].CC(C)OCC(O)C[NH2+]CC(=O)[O-]. The lowest BCUT2D eigenvalue weighted by molar-refractivity contribution is -0.887.